The van der Waals surface area contributed by atoms with E-state index in [0.717, 1.165) is 5.56 Å². The Morgan fingerprint density at radius 1 is 1.00 bits per heavy atom. The van der Waals surface area contributed by atoms with Gasteiger partial charge in [-0.05, 0) is 36.2 Å². The minimum absolute atomic E-state index is 0.170. The second kappa shape index (κ2) is 8.72. The molecule has 1 N–H and O–H groups in total. The first kappa shape index (κ1) is 18.9. The Balaban J connectivity index is 1.14. The van der Waals surface area contributed by atoms with Crippen LogP contribution in [-0.2, 0) is 20.7 Å². The van der Waals surface area contributed by atoms with Crippen molar-refractivity contribution in [3.05, 3.63) is 48.0 Å². The Hall–Kier alpha value is -3.42. The van der Waals surface area contributed by atoms with Crippen molar-refractivity contribution >= 4 is 11.9 Å². The second-order valence-electron chi connectivity index (χ2n) is 6.65. The number of hydrogen-bond donors (Lipinski definition) is 1. The summed E-state index contributed by atoms with van der Waals surface area (Å²) < 4.78 is 26.9. The van der Waals surface area contributed by atoms with Crippen molar-refractivity contribution in [2.75, 3.05) is 26.6 Å². The number of rotatable bonds is 7. The van der Waals surface area contributed by atoms with Gasteiger partial charge in [-0.15, -0.1) is 0 Å². The van der Waals surface area contributed by atoms with Gasteiger partial charge in [0.25, 0.3) is 5.91 Å². The van der Waals surface area contributed by atoms with Crippen LogP contribution < -0.4 is 24.3 Å². The maximum atomic E-state index is 11.9. The number of ether oxygens (including phenoxy) is 5. The lowest BCUT2D eigenvalue weighted by Gasteiger charge is -2.26. The van der Waals surface area contributed by atoms with Crippen molar-refractivity contribution < 1.29 is 33.3 Å². The second-order valence-corrected chi connectivity index (χ2v) is 6.65. The van der Waals surface area contributed by atoms with Crippen LogP contribution in [0.1, 0.15) is 12.0 Å². The molecule has 2 aliphatic rings. The first-order valence-corrected chi connectivity index (χ1v) is 9.37. The minimum atomic E-state index is -0.441. The van der Waals surface area contributed by atoms with Crippen LogP contribution in [0, 0.1) is 0 Å². The predicted octanol–water partition coefficient (Wildman–Crippen LogP) is 1.85. The molecule has 0 bridgehead atoms. The lowest BCUT2D eigenvalue weighted by atomic mass is 10.1. The Kier molecular flexibility index (Phi) is 5.69. The van der Waals surface area contributed by atoms with Crippen LogP contribution in [-0.4, -0.2) is 44.5 Å². The highest BCUT2D eigenvalue weighted by molar-refractivity contribution is 5.80. The third kappa shape index (κ3) is 4.90. The molecule has 0 fully saturated rings. The SMILES string of the molecule is O=C(COC(=O)CCc1ccc2c(c1)OCO2)NCC1COc2ccccc2O1. The topological polar surface area (TPSA) is 92.3 Å². The molecule has 0 saturated heterocycles. The van der Waals surface area contributed by atoms with Crippen LogP contribution in [0.15, 0.2) is 42.5 Å². The quantitative estimate of drug-likeness (QED) is 0.711. The molecule has 0 saturated carbocycles. The first-order chi connectivity index (χ1) is 14.2. The van der Waals surface area contributed by atoms with E-state index in [4.69, 9.17) is 23.7 Å². The average molecular weight is 399 g/mol. The maximum absolute atomic E-state index is 11.9. The number of benzene rings is 2. The molecule has 152 valence electrons. The van der Waals surface area contributed by atoms with E-state index in [9.17, 15) is 9.59 Å². The van der Waals surface area contributed by atoms with Crippen molar-refractivity contribution in [2.45, 2.75) is 18.9 Å². The van der Waals surface area contributed by atoms with Gasteiger partial charge in [-0.2, -0.15) is 0 Å². The molecule has 2 aromatic rings. The van der Waals surface area contributed by atoms with E-state index < -0.39 is 5.97 Å². The lowest BCUT2D eigenvalue weighted by Crippen LogP contribution is -2.42. The van der Waals surface area contributed by atoms with Gasteiger partial charge in [-0.1, -0.05) is 18.2 Å². The van der Waals surface area contributed by atoms with E-state index in [2.05, 4.69) is 5.32 Å². The number of nitrogens with one attached hydrogen (secondary N) is 1. The zero-order valence-electron chi connectivity index (χ0n) is 15.7. The zero-order valence-corrected chi connectivity index (χ0v) is 15.7. The van der Waals surface area contributed by atoms with Crippen molar-refractivity contribution in [3.8, 4) is 23.0 Å². The largest absolute Gasteiger partial charge is 0.486 e. The molecule has 0 spiro atoms. The summed E-state index contributed by atoms with van der Waals surface area (Å²) in [5.74, 6) is 1.88. The van der Waals surface area contributed by atoms with Crippen LogP contribution in [0.4, 0.5) is 0 Å². The Bertz CT molecular complexity index is 898. The van der Waals surface area contributed by atoms with E-state index in [1.807, 2.05) is 42.5 Å². The highest BCUT2D eigenvalue weighted by Crippen LogP contribution is 2.33. The minimum Gasteiger partial charge on any atom is -0.486 e. The molecular weight excluding hydrogens is 378 g/mol. The van der Waals surface area contributed by atoms with Crippen LogP contribution in [0.3, 0.4) is 0 Å². The molecule has 1 atom stereocenters. The molecule has 8 heteroatoms. The molecule has 0 aliphatic carbocycles. The van der Waals surface area contributed by atoms with Crippen molar-refractivity contribution in [1.29, 1.82) is 0 Å². The van der Waals surface area contributed by atoms with Crippen LogP contribution in [0.25, 0.3) is 0 Å². The summed E-state index contributed by atoms with van der Waals surface area (Å²) in [6.07, 6.45) is 0.364. The lowest BCUT2D eigenvalue weighted by molar-refractivity contribution is -0.148. The number of amides is 1. The van der Waals surface area contributed by atoms with Crippen molar-refractivity contribution in [1.82, 2.24) is 5.32 Å². The Morgan fingerprint density at radius 3 is 2.69 bits per heavy atom. The summed E-state index contributed by atoms with van der Waals surface area (Å²) in [5, 5.41) is 2.69. The monoisotopic (exact) mass is 399 g/mol. The average Bonchev–Trinajstić information content (AvgIpc) is 3.22. The Labute approximate surface area is 167 Å². The summed E-state index contributed by atoms with van der Waals surface area (Å²) in [7, 11) is 0. The Morgan fingerprint density at radius 2 is 1.79 bits per heavy atom. The number of para-hydroxylation sites is 2. The highest BCUT2D eigenvalue weighted by atomic mass is 16.7. The number of esters is 1. The number of fused-ring (bicyclic) bond motifs is 2. The van der Waals surface area contributed by atoms with Gasteiger partial charge in [-0.25, -0.2) is 0 Å². The van der Waals surface area contributed by atoms with Gasteiger partial charge < -0.3 is 29.0 Å². The normalized spacial score (nSPS) is 16.2. The smallest absolute Gasteiger partial charge is 0.306 e. The summed E-state index contributed by atoms with van der Waals surface area (Å²) in [5.41, 5.74) is 0.936. The number of carbonyl (C=O) groups is 2. The third-order valence-electron chi connectivity index (χ3n) is 4.51. The highest BCUT2D eigenvalue weighted by Gasteiger charge is 2.21. The van der Waals surface area contributed by atoms with Crippen LogP contribution in [0.5, 0.6) is 23.0 Å². The van der Waals surface area contributed by atoms with Gasteiger partial charge in [-0.3, -0.25) is 9.59 Å². The van der Waals surface area contributed by atoms with Crippen molar-refractivity contribution in [2.24, 2.45) is 0 Å². The van der Waals surface area contributed by atoms with Gasteiger partial charge in [0, 0.05) is 6.42 Å². The van der Waals surface area contributed by atoms with Gasteiger partial charge >= 0.3 is 5.97 Å². The van der Waals surface area contributed by atoms with Gasteiger partial charge in [0.05, 0.1) is 6.54 Å². The number of aryl methyl sites for hydroxylation is 1. The van der Waals surface area contributed by atoms with Gasteiger partial charge in [0.2, 0.25) is 6.79 Å². The predicted molar refractivity (Wildman–Crippen MR) is 101 cm³/mol. The van der Waals surface area contributed by atoms with E-state index in [1.54, 1.807) is 0 Å². The fraction of sp³-hybridized carbons (Fsp3) is 0.333. The molecule has 0 aromatic heterocycles. The standard InChI is InChI=1S/C21H21NO7/c23-20(22-10-15-11-25-16-3-1-2-4-18(16)29-15)12-26-21(24)8-6-14-5-7-17-19(9-14)28-13-27-17/h1-5,7,9,15H,6,8,10-13H2,(H,22,23). The molecule has 2 aliphatic heterocycles. The summed E-state index contributed by atoms with van der Waals surface area (Å²) in [6, 6.07) is 12.9. The zero-order chi connectivity index (χ0) is 20.1. The van der Waals surface area contributed by atoms with E-state index >= 15 is 0 Å². The van der Waals surface area contributed by atoms with E-state index in [-0.39, 0.29) is 38.4 Å². The van der Waals surface area contributed by atoms with E-state index in [0.29, 0.717) is 36.0 Å². The van der Waals surface area contributed by atoms with Crippen molar-refractivity contribution in [3.63, 3.8) is 0 Å². The molecule has 1 unspecified atom stereocenters. The molecule has 2 heterocycles. The molecule has 29 heavy (non-hydrogen) atoms. The van der Waals surface area contributed by atoms with Gasteiger partial charge in [0.1, 0.15) is 12.7 Å². The first-order valence-electron chi connectivity index (χ1n) is 9.37. The molecule has 4 rings (SSSR count). The van der Waals surface area contributed by atoms with Crippen LogP contribution in [0.2, 0.25) is 0 Å². The fourth-order valence-corrected chi connectivity index (χ4v) is 3.00. The molecule has 2 aromatic carbocycles. The summed E-state index contributed by atoms with van der Waals surface area (Å²) in [4.78, 5) is 23.8. The van der Waals surface area contributed by atoms with E-state index in [1.165, 1.54) is 0 Å². The fourth-order valence-electron chi connectivity index (χ4n) is 3.00. The number of hydrogen-bond acceptors (Lipinski definition) is 7. The molecule has 1 amide bonds. The van der Waals surface area contributed by atoms with Crippen LogP contribution >= 0.6 is 0 Å². The summed E-state index contributed by atoms with van der Waals surface area (Å²) in [6.45, 7) is 0.485. The maximum Gasteiger partial charge on any atom is 0.306 e. The number of carbonyl (C=O) groups excluding carboxylic acids is 2. The third-order valence-corrected chi connectivity index (χ3v) is 4.51. The molecule has 8 nitrogen and oxygen atoms in total. The van der Waals surface area contributed by atoms with Gasteiger partial charge in [0.15, 0.2) is 29.6 Å². The molecular formula is C21H21NO7. The molecule has 0 radical (unpaired) electrons. The summed E-state index contributed by atoms with van der Waals surface area (Å²) >= 11 is 0.